The molecule has 1 aromatic rings. The van der Waals surface area contributed by atoms with Gasteiger partial charge in [0, 0.05) is 42.0 Å². The van der Waals surface area contributed by atoms with Crippen molar-refractivity contribution < 1.29 is 0 Å². The number of aromatic nitrogens is 1. The lowest BCUT2D eigenvalue weighted by Crippen LogP contribution is -2.40. The zero-order chi connectivity index (χ0) is 13.4. The summed E-state index contributed by atoms with van der Waals surface area (Å²) in [6, 6.07) is 2.54. The van der Waals surface area contributed by atoms with Crippen molar-refractivity contribution >= 4 is 23.2 Å². The quantitative estimate of drug-likeness (QED) is 0.851. The Bertz CT molecular complexity index is 441. The van der Waals surface area contributed by atoms with E-state index < -0.39 is 0 Å². The van der Waals surface area contributed by atoms with Crippen molar-refractivity contribution in [2.45, 2.75) is 32.4 Å². The first-order chi connectivity index (χ1) is 9.13. The van der Waals surface area contributed by atoms with Gasteiger partial charge in [-0.05, 0) is 38.3 Å². The molecular weight excluding hydrogens is 281 g/mol. The van der Waals surface area contributed by atoms with Crippen molar-refractivity contribution in [3.8, 4) is 0 Å². The summed E-state index contributed by atoms with van der Waals surface area (Å²) in [5.74, 6) is 0.782. The van der Waals surface area contributed by atoms with Crippen LogP contribution in [0, 0.1) is 12.8 Å². The molecule has 5 heteroatoms. The third-order valence-corrected chi connectivity index (χ3v) is 4.85. The van der Waals surface area contributed by atoms with Gasteiger partial charge in [0.05, 0.1) is 0 Å². The van der Waals surface area contributed by atoms with Crippen LogP contribution in [-0.2, 0) is 6.54 Å². The Hall–Kier alpha value is -0.350. The second kappa shape index (κ2) is 5.57. The lowest BCUT2D eigenvalue weighted by atomic mass is 9.94. The average molecular weight is 300 g/mol. The van der Waals surface area contributed by atoms with Gasteiger partial charge in [0.15, 0.2) is 0 Å². The maximum Gasteiger partial charge on any atom is 0.135 e. The van der Waals surface area contributed by atoms with Crippen LogP contribution in [0.2, 0.25) is 10.2 Å². The Morgan fingerprint density at radius 3 is 3.00 bits per heavy atom. The fourth-order valence-corrected chi connectivity index (χ4v) is 3.90. The number of hydrogen-bond donors (Lipinski definition) is 1. The van der Waals surface area contributed by atoms with Gasteiger partial charge in [0.25, 0.3) is 0 Å². The molecule has 1 N–H and O–H groups in total. The number of likely N-dealkylation sites (tertiary alicyclic amines) is 1. The van der Waals surface area contributed by atoms with Crippen LogP contribution in [0.3, 0.4) is 0 Å². The van der Waals surface area contributed by atoms with Gasteiger partial charge in [0.1, 0.15) is 5.15 Å². The molecule has 0 aliphatic carbocycles. The van der Waals surface area contributed by atoms with Crippen molar-refractivity contribution in [1.82, 2.24) is 15.2 Å². The molecule has 0 bridgehead atoms. The van der Waals surface area contributed by atoms with E-state index in [2.05, 4.69) is 15.2 Å². The zero-order valence-electron chi connectivity index (χ0n) is 11.1. The molecule has 3 rings (SSSR count). The number of nitrogens with one attached hydrogen (secondary N) is 1. The lowest BCUT2D eigenvalue weighted by molar-refractivity contribution is 0.312. The zero-order valence-corrected chi connectivity index (χ0v) is 12.6. The van der Waals surface area contributed by atoms with E-state index in [1.54, 1.807) is 0 Å². The summed E-state index contributed by atoms with van der Waals surface area (Å²) < 4.78 is 0. The Labute approximate surface area is 124 Å². The minimum absolute atomic E-state index is 0.549. The molecule has 2 atom stereocenters. The Balaban J connectivity index is 1.72. The number of rotatable bonds is 2. The topological polar surface area (TPSA) is 28.2 Å². The number of piperidine rings is 1. The highest BCUT2D eigenvalue weighted by Crippen LogP contribution is 2.30. The van der Waals surface area contributed by atoms with Crippen LogP contribution in [0.1, 0.15) is 24.1 Å². The van der Waals surface area contributed by atoms with Gasteiger partial charge < -0.3 is 5.32 Å². The van der Waals surface area contributed by atoms with E-state index in [4.69, 9.17) is 23.2 Å². The highest BCUT2D eigenvalue weighted by Gasteiger charge is 2.34. The molecule has 2 saturated heterocycles. The van der Waals surface area contributed by atoms with Gasteiger partial charge in [0.2, 0.25) is 0 Å². The number of pyridine rings is 1. The van der Waals surface area contributed by atoms with Crippen LogP contribution < -0.4 is 5.32 Å². The van der Waals surface area contributed by atoms with Crippen molar-refractivity contribution in [3.05, 3.63) is 27.5 Å². The van der Waals surface area contributed by atoms with E-state index in [9.17, 15) is 0 Å². The normalized spacial score (nSPS) is 27.5. The Morgan fingerprint density at radius 1 is 1.42 bits per heavy atom. The predicted molar refractivity (Wildman–Crippen MR) is 78.8 cm³/mol. The fourth-order valence-electron chi connectivity index (χ4n) is 3.25. The minimum atomic E-state index is 0.549. The molecule has 2 unspecified atom stereocenters. The van der Waals surface area contributed by atoms with E-state index in [1.807, 2.05) is 13.0 Å². The Kier molecular flexibility index (Phi) is 3.99. The maximum atomic E-state index is 6.30. The second-order valence-corrected chi connectivity index (χ2v) is 6.44. The lowest BCUT2D eigenvalue weighted by Gasteiger charge is -2.24. The van der Waals surface area contributed by atoms with Gasteiger partial charge in [-0.15, -0.1) is 0 Å². The molecular formula is C14H19Cl2N3. The smallest absolute Gasteiger partial charge is 0.135 e. The average Bonchev–Trinajstić information content (AvgIpc) is 2.76. The summed E-state index contributed by atoms with van der Waals surface area (Å²) in [6.45, 7) is 6.10. The van der Waals surface area contributed by atoms with Crippen LogP contribution in [0.5, 0.6) is 0 Å². The van der Waals surface area contributed by atoms with E-state index in [0.717, 1.165) is 48.4 Å². The molecule has 2 aliphatic rings. The third-order valence-electron chi connectivity index (χ3n) is 4.20. The molecule has 19 heavy (non-hydrogen) atoms. The molecule has 0 amide bonds. The summed E-state index contributed by atoms with van der Waals surface area (Å²) >= 11 is 12.5. The first-order valence-electron chi connectivity index (χ1n) is 6.91. The van der Waals surface area contributed by atoms with E-state index in [0.29, 0.717) is 11.2 Å². The molecule has 0 saturated carbocycles. The standard InChI is InChI=1S/C14H19Cl2N3/c1-9-5-12(15)11(14(16)18-9)7-19-6-10-3-2-4-17-13(10)8-19/h5,10,13,17H,2-4,6-8H2,1H3. The molecule has 3 nitrogen and oxygen atoms in total. The van der Waals surface area contributed by atoms with Gasteiger partial charge in [-0.2, -0.15) is 0 Å². The molecule has 0 spiro atoms. The SMILES string of the molecule is Cc1cc(Cl)c(CN2CC3CCCNC3C2)c(Cl)n1. The van der Waals surface area contributed by atoms with Gasteiger partial charge in [-0.1, -0.05) is 23.2 Å². The number of nitrogens with zero attached hydrogens (tertiary/aromatic N) is 2. The van der Waals surface area contributed by atoms with Crippen molar-refractivity contribution in [3.63, 3.8) is 0 Å². The van der Waals surface area contributed by atoms with Crippen molar-refractivity contribution in [2.24, 2.45) is 5.92 Å². The summed E-state index contributed by atoms with van der Waals surface area (Å²) in [7, 11) is 0. The highest BCUT2D eigenvalue weighted by atomic mass is 35.5. The summed E-state index contributed by atoms with van der Waals surface area (Å²) in [4.78, 5) is 6.75. The molecule has 2 fully saturated rings. The van der Waals surface area contributed by atoms with Crippen molar-refractivity contribution in [2.75, 3.05) is 19.6 Å². The van der Waals surface area contributed by atoms with Gasteiger partial charge in [-0.25, -0.2) is 4.98 Å². The highest BCUT2D eigenvalue weighted by molar-refractivity contribution is 6.35. The molecule has 1 aromatic heterocycles. The van der Waals surface area contributed by atoms with Gasteiger partial charge in [-0.3, -0.25) is 4.90 Å². The van der Waals surface area contributed by atoms with Crippen LogP contribution in [0.25, 0.3) is 0 Å². The minimum Gasteiger partial charge on any atom is -0.312 e. The molecule has 2 aliphatic heterocycles. The number of aryl methyl sites for hydroxylation is 1. The van der Waals surface area contributed by atoms with Crippen LogP contribution in [0.15, 0.2) is 6.07 Å². The third kappa shape index (κ3) is 2.89. The maximum absolute atomic E-state index is 6.30. The van der Waals surface area contributed by atoms with Crippen LogP contribution in [-0.4, -0.2) is 35.6 Å². The Morgan fingerprint density at radius 2 is 2.26 bits per heavy atom. The summed E-state index contributed by atoms with van der Waals surface area (Å²) in [5.41, 5.74) is 1.84. The summed E-state index contributed by atoms with van der Waals surface area (Å²) in [6.07, 6.45) is 2.63. The monoisotopic (exact) mass is 299 g/mol. The molecule has 104 valence electrons. The van der Waals surface area contributed by atoms with E-state index in [1.165, 1.54) is 12.8 Å². The van der Waals surface area contributed by atoms with Crippen LogP contribution >= 0.6 is 23.2 Å². The number of hydrogen-bond acceptors (Lipinski definition) is 3. The van der Waals surface area contributed by atoms with Crippen molar-refractivity contribution in [1.29, 1.82) is 0 Å². The molecule has 0 aromatic carbocycles. The number of halogens is 2. The van der Waals surface area contributed by atoms with E-state index in [-0.39, 0.29) is 0 Å². The van der Waals surface area contributed by atoms with E-state index >= 15 is 0 Å². The largest absolute Gasteiger partial charge is 0.312 e. The first kappa shape index (κ1) is 13.6. The summed E-state index contributed by atoms with van der Waals surface area (Å²) in [5, 5.41) is 4.90. The fraction of sp³-hybridized carbons (Fsp3) is 0.643. The van der Waals surface area contributed by atoms with Gasteiger partial charge >= 0.3 is 0 Å². The second-order valence-electron chi connectivity index (χ2n) is 5.67. The molecule has 3 heterocycles. The molecule has 0 radical (unpaired) electrons. The number of fused-ring (bicyclic) bond motifs is 1. The first-order valence-corrected chi connectivity index (χ1v) is 7.66. The van der Waals surface area contributed by atoms with Crippen LogP contribution in [0.4, 0.5) is 0 Å². The predicted octanol–water partition coefficient (Wildman–Crippen LogP) is 2.88.